The lowest BCUT2D eigenvalue weighted by molar-refractivity contribution is 0.341. The van der Waals surface area contributed by atoms with Crippen LogP contribution in [0.2, 0.25) is 0 Å². The molecule has 140 valence electrons. The first kappa shape index (κ1) is 18.9. The predicted molar refractivity (Wildman–Crippen MR) is 107 cm³/mol. The molecule has 3 N–H and O–H groups in total. The number of benzene rings is 2. The summed E-state index contributed by atoms with van der Waals surface area (Å²) < 4.78 is 18.8. The van der Waals surface area contributed by atoms with Crippen LogP contribution in [0.25, 0.3) is 0 Å². The van der Waals surface area contributed by atoms with Crippen LogP contribution in [0.15, 0.2) is 48.5 Å². The molecule has 0 radical (unpaired) electrons. The van der Waals surface area contributed by atoms with E-state index in [2.05, 4.69) is 20.3 Å². The third-order valence-corrected chi connectivity index (χ3v) is 4.53. The van der Waals surface area contributed by atoms with E-state index in [4.69, 9.17) is 10.5 Å². The minimum atomic E-state index is -0.305. The zero-order valence-corrected chi connectivity index (χ0v) is 15.7. The average Bonchev–Trinajstić information content (AvgIpc) is 2.64. The van der Waals surface area contributed by atoms with Crippen LogP contribution in [-0.4, -0.2) is 27.3 Å². The van der Waals surface area contributed by atoms with Gasteiger partial charge in [-0.3, -0.25) is 0 Å². The van der Waals surface area contributed by atoms with E-state index in [0.29, 0.717) is 29.8 Å². The van der Waals surface area contributed by atoms with Crippen LogP contribution in [0, 0.1) is 12.7 Å². The molecule has 0 saturated heterocycles. The molecule has 0 saturated carbocycles. The number of rotatable bonds is 8. The molecule has 0 spiro atoms. The lowest BCUT2D eigenvalue weighted by atomic mass is 10.2. The number of anilines is 3. The van der Waals surface area contributed by atoms with Gasteiger partial charge in [-0.15, -0.1) is 0 Å². The van der Waals surface area contributed by atoms with Crippen molar-refractivity contribution in [1.82, 2.24) is 15.0 Å². The van der Waals surface area contributed by atoms with Crippen molar-refractivity contribution in [2.24, 2.45) is 0 Å². The Hall–Kier alpha value is -2.87. The van der Waals surface area contributed by atoms with Crippen molar-refractivity contribution in [2.75, 3.05) is 23.4 Å². The Morgan fingerprint density at radius 1 is 1.07 bits per heavy atom. The highest BCUT2D eigenvalue weighted by Crippen LogP contribution is 2.18. The number of para-hydroxylation sites is 1. The molecule has 0 aliphatic heterocycles. The van der Waals surface area contributed by atoms with E-state index < -0.39 is 0 Å². The molecule has 2 aromatic carbocycles. The standard InChI is InChI=1S/C19H20FN5OS/c1-13-4-2-3-5-16(13)26-10-11-27-12-17-23-18(21)25-19(24-17)22-15-8-6-14(20)7-9-15/h2-9H,10-12H2,1H3,(H3,21,22,23,24,25). The molecule has 1 aromatic heterocycles. The number of ether oxygens (including phenoxy) is 1. The highest BCUT2D eigenvalue weighted by Gasteiger charge is 2.06. The largest absolute Gasteiger partial charge is 0.492 e. The Bertz CT molecular complexity index is 892. The minimum absolute atomic E-state index is 0.140. The second kappa shape index (κ2) is 9.18. The molecule has 0 aliphatic carbocycles. The van der Waals surface area contributed by atoms with Crippen molar-refractivity contribution in [2.45, 2.75) is 12.7 Å². The maximum Gasteiger partial charge on any atom is 0.232 e. The van der Waals surface area contributed by atoms with Gasteiger partial charge >= 0.3 is 0 Å². The van der Waals surface area contributed by atoms with Crippen LogP contribution in [0.1, 0.15) is 11.4 Å². The fourth-order valence-electron chi connectivity index (χ4n) is 2.31. The van der Waals surface area contributed by atoms with E-state index in [1.807, 2.05) is 31.2 Å². The van der Waals surface area contributed by atoms with E-state index in [1.165, 1.54) is 12.1 Å². The summed E-state index contributed by atoms with van der Waals surface area (Å²) in [4.78, 5) is 12.6. The van der Waals surface area contributed by atoms with Crippen molar-refractivity contribution in [1.29, 1.82) is 0 Å². The number of hydrogen-bond donors (Lipinski definition) is 2. The van der Waals surface area contributed by atoms with Gasteiger partial charge < -0.3 is 15.8 Å². The second-order valence-electron chi connectivity index (χ2n) is 5.73. The zero-order chi connectivity index (χ0) is 19.1. The SMILES string of the molecule is Cc1ccccc1OCCSCc1nc(N)nc(Nc2ccc(F)cc2)n1. The molecule has 0 atom stereocenters. The molecule has 1 heterocycles. The van der Waals surface area contributed by atoms with Crippen LogP contribution in [0.3, 0.4) is 0 Å². The smallest absolute Gasteiger partial charge is 0.232 e. The first-order valence-corrected chi connectivity index (χ1v) is 9.55. The summed E-state index contributed by atoms with van der Waals surface area (Å²) >= 11 is 1.65. The third-order valence-electron chi connectivity index (χ3n) is 3.61. The summed E-state index contributed by atoms with van der Waals surface area (Å²) in [6.45, 7) is 2.61. The summed E-state index contributed by atoms with van der Waals surface area (Å²) in [5.41, 5.74) is 7.55. The number of nitrogens with zero attached hydrogens (tertiary/aromatic N) is 3. The maximum atomic E-state index is 13.0. The van der Waals surface area contributed by atoms with Gasteiger partial charge in [-0.1, -0.05) is 18.2 Å². The van der Waals surface area contributed by atoms with Gasteiger partial charge in [0.2, 0.25) is 11.9 Å². The van der Waals surface area contributed by atoms with Crippen molar-refractivity contribution in [3.63, 3.8) is 0 Å². The van der Waals surface area contributed by atoms with Crippen molar-refractivity contribution in [3.05, 3.63) is 65.7 Å². The minimum Gasteiger partial charge on any atom is -0.492 e. The van der Waals surface area contributed by atoms with Crippen LogP contribution in [0.5, 0.6) is 5.75 Å². The molecular weight excluding hydrogens is 365 g/mol. The van der Waals surface area contributed by atoms with Gasteiger partial charge in [0.1, 0.15) is 17.4 Å². The van der Waals surface area contributed by atoms with Crippen LogP contribution in [-0.2, 0) is 5.75 Å². The highest BCUT2D eigenvalue weighted by atomic mass is 32.2. The lowest BCUT2D eigenvalue weighted by Gasteiger charge is -2.09. The summed E-state index contributed by atoms with van der Waals surface area (Å²) in [7, 11) is 0. The van der Waals surface area contributed by atoms with Gasteiger partial charge in [-0.25, -0.2) is 4.39 Å². The normalized spacial score (nSPS) is 10.6. The summed E-state index contributed by atoms with van der Waals surface area (Å²) in [5.74, 6) is 3.02. The zero-order valence-electron chi connectivity index (χ0n) is 14.9. The summed E-state index contributed by atoms with van der Waals surface area (Å²) in [5, 5.41) is 3.00. The lowest BCUT2D eigenvalue weighted by Crippen LogP contribution is -2.07. The number of nitrogens with one attached hydrogen (secondary N) is 1. The molecule has 6 nitrogen and oxygen atoms in total. The number of hydrogen-bond acceptors (Lipinski definition) is 7. The fraction of sp³-hybridized carbons (Fsp3) is 0.211. The first-order chi connectivity index (χ1) is 13.1. The Morgan fingerprint density at radius 2 is 1.85 bits per heavy atom. The number of aromatic nitrogens is 3. The number of halogens is 1. The Labute approximate surface area is 161 Å². The van der Waals surface area contributed by atoms with Gasteiger partial charge in [0.15, 0.2) is 0 Å². The van der Waals surface area contributed by atoms with Gasteiger partial charge in [0, 0.05) is 11.4 Å². The van der Waals surface area contributed by atoms with E-state index in [-0.39, 0.29) is 11.8 Å². The van der Waals surface area contributed by atoms with E-state index >= 15 is 0 Å². The number of thioether (sulfide) groups is 1. The topological polar surface area (TPSA) is 86.0 Å². The quantitative estimate of drug-likeness (QED) is 0.568. The van der Waals surface area contributed by atoms with Gasteiger partial charge in [0.05, 0.1) is 12.4 Å². The summed E-state index contributed by atoms with van der Waals surface area (Å²) in [6, 6.07) is 13.8. The fourth-order valence-corrected chi connectivity index (χ4v) is 2.97. The van der Waals surface area contributed by atoms with E-state index in [9.17, 15) is 4.39 Å². The Morgan fingerprint density at radius 3 is 2.63 bits per heavy atom. The third kappa shape index (κ3) is 5.82. The molecule has 8 heteroatoms. The Balaban J connectivity index is 1.50. The summed E-state index contributed by atoms with van der Waals surface area (Å²) in [6.07, 6.45) is 0. The molecule has 0 fully saturated rings. The highest BCUT2D eigenvalue weighted by molar-refractivity contribution is 7.98. The number of aryl methyl sites for hydroxylation is 1. The Kier molecular flexibility index (Phi) is 6.43. The van der Waals surface area contributed by atoms with Crippen molar-refractivity contribution < 1.29 is 9.13 Å². The van der Waals surface area contributed by atoms with Gasteiger partial charge in [0.25, 0.3) is 0 Å². The molecule has 0 bridgehead atoms. The molecule has 0 amide bonds. The molecule has 27 heavy (non-hydrogen) atoms. The maximum absolute atomic E-state index is 13.0. The van der Waals surface area contributed by atoms with Crippen molar-refractivity contribution >= 4 is 29.3 Å². The van der Waals surface area contributed by atoms with Crippen LogP contribution >= 0.6 is 11.8 Å². The molecule has 3 aromatic rings. The van der Waals surface area contributed by atoms with E-state index in [1.54, 1.807) is 23.9 Å². The van der Waals surface area contributed by atoms with Crippen LogP contribution < -0.4 is 15.8 Å². The number of nitrogens with two attached hydrogens (primary N) is 1. The van der Waals surface area contributed by atoms with Crippen molar-refractivity contribution in [3.8, 4) is 5.75 Å². The van der Waals surface area contributed by atoms with Gasteiger partial charge in [-0.2, -0.15) is 26.7 Å². The monoisotopic (exact) mass is 385 g/mol. The number of nitrogen functional groups attached to an aromatic ring is 1. The first-order valence-electron chi connectivity index (χ1n) is 8.39. The molecule has 3 rings (SSSR count). The predicted octanol–water partition coefficient (Wildman–Crippen LogP) is 3.96. The molecule has 0 aliphatic rings. The molecule has 0 unspecified atom stereocenters. The molecular formula is C19H20FN5OS. The average molecular weight is 385 g/mol. The van der Waals surface area contributed by atoms with Gasteiger partial charge in [-0.05, 0) is 42.8 Å². The van der Waals surface area contributed by atoms with E-state index in [0.717, 1.165) is 17.1 Å². The van der Waals surface area contributed by atoms with Crippen LogP contribution in [0.4, 0.5) is 22.0 Å². The second-order valence-corrected chi connectivity index (χ2v) is 6.84.